The number of anilines is 1. The number of hydrogen-bond acceptors (Lipinski definition) is 6. The molecule has 0 spiro atoms. The van der Waals surface area contributed by atoms with Gasteiger partial charge in [-0.2, -0.15) is 5.10 Å². The molecule has 30 heavy (non-hydrogen) atoms. The molecule has 7 nitrogen and oxygen atoms in total. The first kappa shape index (κ1) is 18.1. The number of aromatic amines is 1. The minimum absolute atomic E-state index is 0.533. The van der Waals surface area contributed by atoms with Crippen LogP contribution in [0.5, 0.6) is 5.75 Å². The van der Waals surface area contributed by atoms with Crippen molar-refractivity contribution in [2.45, 2.75) is 37.8 Å². The Kier molecular flexibility index (Phi) is 4.37. The number of fused-ring (bicyclic) bond motifs is 5. The normalized spacial score (nSPS) is 29.0. The number of ether oxygens (including phenoxy) is 1. The maximum Gasteiger partial charge on any atom is 0.160 e. The van der Waals surface area contributed by atoms with Crippen molar-refractivity contribution in [3.8, 4) is 5.75 Å². The average Bonchev–Trinajstić information content (AvgIpc) is 3.28. The van der Waals surface area contributed by atoms with E-state index in [2.05, 4.69) is 54.2 Å². The third-order valence-electron chi connectivity index (χ3n) is 7.41. The minimum Gasteiger partial charge on any atom is -0.497 e. The topological polar surface area (TPSA) is 70.2 Å². The van der Waals surface area contributed by atoms with Gasteiger partial charge in [-0.25, -0.2) is 9.97 Å². The highest BCUT2D eigenvalue weighted by Gasteiger charge is 2.45. The number of methoxy groups -OCH3 is 1. The summed E-state index contributed by atoms with van der Waals surface area (Å²) >= 11 is 0. The van der Waals surface area contributed by atoms with E-state index in [1.807, 2.05) is 6.20 Å². The van der Waals surface area contributed by atoms with Gasteiger partial charge in [-0.15, -0.1) is 0 Å². The van der Waals surface area contributed by atoms with Crippen LogP contribution in [-0.2, 0) is 0 Å². The van der Waals surface area contributed by atoms with E-state index in [4.69, 9.17) is 4.74 Å². The number of nitrogens with one attached hydrogen (secondary N) is 1. The zero-order chi connectivity index (χ0) is 20.1. The smallest absolute Gasteiger partial charge is 0.160 e. The third-order valence-corrected chi connectivity index (χ3v) is 7.41. The Bertz CT molecular complexity index is 1030. The Morgan fingerprint density at radius 1 is 1.07 bits per heavy atom. The minimum atomic E-state index is 0.533. The molecule has 2 bridgehead atoms. The van der Waals surface area contributed by atoms with Gasteiger partial charge in [0.15, 0.2) is 5.65 Å². The van der Waals surface area contributed by atoms with Crippen molar-refractivity contribution >= 4 is 16.9 Å². The van der Waals surface area contributed by atoms with Gasteiger partial charge >= 0.3 is 0 Å². The first-order valence-electron chi connectivity index (χ1n) is 11.1. The highest BCUT2D eigenvalue weighted by atomic mass is 16.5. The lowest BCUT2D eigenvalue weighted by atomic mass is 9.74. The van der Waals surface area contributed by atoms with Crippen LogP contribution >= 0.6 is 0 Å². The summed E-state index contributed by atoms with van der Waals surface area (Å²) in [7, 11) is 1.73. The van der Waals surface area contributed by atoms with Crippen LogP contribution in [-0.4, -0.2) is 57.9 Å². The van der Waals surface area contributed by atoms with Crippen molar-refractivity contribution in [1.29, 1.82) is 0 Å². The predicted octanol–water partition coefficient (Wildman–Crippen LogP) is 3.41. The molecule has 2 aromatic heterocycles. The summed E-state index contributed by atoms with van der Waals surface area (Å²) in [5.41, 5.74) is 2.27. The quantitative estimate of drug-likeness (QED) is 0.721. The molecule has 0 aliphatic carbocycles. The Morgan fingerprint density at radius 3 is 2.83 bits per heavy atom. The number of aromatic nitrogens is 4. The molecule has 1 N–H and O–H groups in total. The zero-order valence-electron chi connectivity index (χ0n) is 17.4. The lowest BCUT2D eigenvalue weighted by Gasteiger charge is -2.55. The van der Waals surface area contributed by atoms with Gasteiger partial charge in [0.05, 0.1) is 18.7 Å². The average molecular weight is 405 g/mol. The predicted molar refractivity (Wildman–Crippen MR) is 116 cm³/mol. The van der Waals surface area contributed by atoms with Gasteiger partial charge in [-0.05, 0) is 55.2 Å². The fourth-order valence-electron chi connectivity index (χ4n) is 6.17. The van der Waals surface area contributed by atoms with Crippen LogP contribution in [0.15, 0.2) is 36.8 Å². The molecule has 0 unspecified atom stereocenters. The van der Waals surface area contributed by atoms with E-state index in [1.165, 1.54) is 37.8 Å². The SMILES string of the molecule is COc1ccc([C@H]2CCC[C@H]3[C@@H]4C[C@@H](CN(c5ncnc6[nH]ncc56)C4)CN23)cc1. The van der Waals surface area contributed by atoms with Gasteiger partial charge in [0.1, 0.15) is 17.9 Å². The van der Waals surface area contributed by atoms with E-state index in [1.54, 1.807) is 13.4 Å². The molecule has 0 saturated carbocycles. The molecule has 3 aliphatic heterocycles. The molecule has 0 amide bonds. The van der Waals surface area contributed by atoms with Crippen LogP contribution in [0.3, 0.4) is 0 Å². The second-order valence-corrected chi connectivity index (χ2v) is 9.08. The Balaban J connectivity index is 1.27. The fourth-order valence-corrected chi connectivity index (χ4v) is 6.17. The van der Waals surface area contributed by atoms with Crippen molar-refractivity contribution in [2.75, 3.05) is 31.6 Å². The molecule has 1 aromatic carbocycles. The summed E-state index contributed by atoms with van der Waals surface area (Å²) < 4.78 is 5.37. The van der Waals surface area contributed by atoms with Crippen LogP contribution in [0.1, 0.15) is 37.3 Å². The highest BCUT2D eigenvalue weighted by molar-refractivity contribution is 5.86. The molecule has 156 valence electrons. The second kappa shape index (κ2) is 7.23. The Hall–Kier alpha value is -2.67. The van der Waals surface area contributed by atoms with E-state index < -0.39 is 0 Å². The van der Waals surface area contributed by atoms with Gasteiger partial charge < -0.3 is 9.64 Å². The van der Waals surface area contributed by atoms with Gasteiger partial charge in [-0.1, -0.05) is 12.1 Å². The number of piperidine rings is 3. The summed E-state index contributed by atoms with van der Waals surface area (Å²) in [6, 6.07) is 9.93. The van der Waals surface area contributed by atoms with Crippen molar-refractivity contribution in [3.05, 3.63) is 42.4 Å². The third kappa shape index (κ3) is 2.95. The molecule has 0 radical (unpaired) electrons. The lowest BCUT2D eigenvalue weighted by Crippen LogP contribution is -2.59. The molecular weight excluding hydrogens is 376 g/mol. The van der Waals surface area contributed by atoms with Crippen molar-refractivity contribution in [2.24, 2.45) is 11.8 Å². The Labute approximate surface area is 176 Å². The van der Waals surface area contributed by atoms with Gasteiger partial charge in [0, 0.05) is 31.7 Å². The van der Waals surface area contributed by atoms with Gasteiger partial charge in [-0.3, -0.25) is 10.00 Å². The van der Waals surface area contributed by atoms with E-state index in [-0.39, 0.29) is 0 Å². The molecule has 3 aromatic rings. The molecule has 7 heteroatoms. The van der Waals surface area contributed by atoms with E-state index in [9.17, 15) is 0 Å². The molecule has 3 aliphatic rings. The maximum absolute atomic E-state index is 5.37. The van der Waals surface area contributed by atoms with E-state index in [0.29, 0.717) is 23.9 Å². The fraction of sp³-hybridized carbons (Fsp3) is 0.522. The largest absolute Gasteiger partial charge is 0.497 e. The molecule has 6 rings (SSSR count). The molecule has 3 saturated heterocycles. The number of rotatable bonds is 3. The lowest BCUT2D eigenvalue weighted by molar-refractivity contribution is -0.0200. The van der Waals surface area contributed by atoms with Crippen LogP contribution in [0.2, 0.25) is 0 Å². The number of benzene rings is 1. The van der Waals surface area contributed by atoms with Crippen LogP contribution in [0, 0.1) is 11.8 Å². The summed E-state index contributed by atoms with van der Waals surface area (Å²) in [4.78, 5) is 14.3. The number of H-pyrrole nitrogens is 1. The molecule has 4 atom stereocenters. The van der Waals surface area contributed by atoms with Crippen molar-refractivity contribution < 1.29 is 4.74 Å². The van der Waals surface area contributed by atoms with Crippen LogP contribution in [0.25, 0.3) is 11.0 Å². The standard InChI is InChI=1S/C23H28N6O/c1-30-18-7-5-16(6-8-18)20-3-2-4-21-17-9-15(12-29(20)21)11-28(13-17)23-19-10-26-27-22(19)24-14-25-23/h5-8,10,14-15,17,20-21H,2-4,9,11-13H2,1H3,(H,24,25,26,27)/t15-,17+,20+,21-/m0/s1. The highest BCUT2D eigenvalue weighted by Crippen LogP contribution is 2.45. The first-order valence-corrected chi connectivity index (χ1v) is 11.1. The summed E-state index contributed by atoms with van der Waals surface area (Å²) in [6.07, 6.45) is 8.73. The van der Waals surface area contributed by atoms with Crippen molar-refractivity contribution in [3.63, 3.8) is 0 Å². The maximum atomic E-state index is 5.37. The molecule has 5 heterocycles. The van der Waals surface area contributed by atoms with Crippen LogP contribution < -0.4 is 9.64 Å². The number of hydrogen-bond donors (Lipinski definition) is 1. The summed E-state index contributed by atoms with van der Waals surface area (Å²) in [5, 5.41) is 8.20. The van der Waals surface area contributed by atoms with E-state index >= 15 is 0 Å². The first-order chi connectivity index (χ1) is 14.8. The second-order valence-electron chi connectivity index (χ2n) is 9.08. The molecular formula is C23H28N6O. The monoisotopic (exact) mass is 404 g/mol. The zero-order valence-corrected chi connectivity index (χ0v) is 17.4. The van der Waals surface area contributed by atoms with Gasteiger partial charge in [0.25, 0.3) is 0 Å². The molecule has 3 fully saturated rings. The number of nitrogens with zero attached hydrogens (tertiary/aromatic N) is 5. The van der Waals surface area contributed by atoms with Gasteiger partial charge in [0.2, 0.25) is 0 Å². The van der Waals surface area contributed by atoms with Crippen molar-refractivity contribution in [1.82, 2.24) is 25.1 Å². The summed E-state index contributed by atoms with van der Waals surface area (Å²) in [5.74, 6) is 3.35. The van der Waals surface area contributed by atoms with Crippen LogP contribution in [0.4, 0.5) is 5.82 Å². The van der Waals surface area contributed by atoms with E-state index in [0.717, 1.165) is 35.7 Å². The summed E-state index contributed by atoms with van der Waals surface area (Å²) in [6.45, 7) is 3.31. The Morgan fingerprint density at radius 2 is 1.97 bits per heavy atom.